The predicted octanol–water partition coefficient (Wildman–Crippen LogP) is 4.22. The van der Waals surface area contributed by atoms with Crippen molar-refractivity contribution in [2.75, 3.05) is 6.79 Å². The molecule has 1 heterocycles. The molecule has 1 atom stereocenters. The third-order valence-corrected chi connectivity index (χ3v) is 4.27. The van der Waals surface area contributed by atoms with Crippen LogP contribution in [0.2, 0.25) is 5.02 Å². The van der Waals surface area contributed by atoms with Gasteiger partial charge in [-0.05, 0) is 57.7 Å². The summed E-state index contributed by atoms with van der Waals surface area (Å²) < 4.78 is 11.5. The summed E-state index contributed by atoms with van der Waals surface area (Å²) in [6, 6.07) is 9.14. The van der Waals surface area contributed by atoms with Crippen molar-refractivity contribution in [1.29, 1.82) is 0 Å². The smallest absolute Gasteiger partial charge is 0.231 e. The van der Waals surface area contributed by atoms with E-state index in [1.807, 2.05) is 25.1 Å². The van der Waals surface area contributed by atoms with Crippen molar-refractivity contribution < 1.29 is 14.6 Å². The largest absolute Gasteiger partial charge is 0.454 e. The summed E-state index contributed by atoms with van der Waals surface area (Å²) in [5.74, 6) is 1.30. The number of halogens is 2. The van der Waals surface area contributed by atoms with Crippen LogP contribution in [0.5, 0.6) is 11.5 Å². The summed E-state index contributed by atoms with van der Waals surface area (Å²) in [6.07, 6.45) is -0.765. The lowest BCUT2D eigenvalue weighted by Crippen LogP contribution is -2.00. The molecule has 1 aliphatic rings. The van der Waals surface area contributed by atoms with Crippen LogP contribution in [-0.4, -0.2) is 11.9 Å². The molecule has 0 saturated carbocycles. The van der Waals surface area contributed by atoms with Crippen LogP contribution in [0.1, 0.15) is 22.8 Å². The molecule has 3 rings (SSSR count). The highest BCUT2D eigenvalue weighted by Crippen LogP contribution is 2.42. The zero-order valence-corrected chi connectivity index (χ0v) is 13.0. The highest BCUT2D eigenvalue weighted by molar-refractivity contribution is 9.10. The molecule has 0 aromatic heterocycles. The predicted molar refractivity (Wildman–Crippen MR) is 80.5 cm³/mol. The molecule has 1 unspecified atom stereocenters. The number of benzene rings is 2. The monoisotopic (exact) mass is 354 g/mol. The van der Waals surface area contributed by atoms with Gasteiger partial charge in [0.05, 0.1) is 4.47 Å². The van der Waals surface area contributed by atoms with Crippen molar-refractivity contribution in [3.05, 3.63) is 56.5 Å². The topological polar surface area (TPSA) is 38.7 Å². The van der Waals surface area contributed by atoms with Crippen molar-refractivity contribution >= 4 is 27.5 Å². The van der Waals surface area contributed by atoms with Crippen LogP contribution in [0.25, 0.3) is 0 Å². The molecule has 0 amide bonds. The lowest BCUT2D eigenvalue weighted by molar-refractivity contribution is 0.173. The van der Waals surface area contributed by atoms with Crippen molar-refractivity contribution in [2.45, 2.75) is 13.0 Å². The molecule has 0 saturated heterocycles. The molecule has 2 aromatic carbocycles. The molecule has 0 aliphatic carbocycles. The molecule has 0 radical (unpaired) electrons. The first-order valence-corrected chi connectivity index (χ1v) is 7.26. The van der Waals surface area contributed by atoms with Gasteiger partial charge in [-0.15, -0.1) is 0 Å². The van der Waals surface area contributed by atoms with E-state index in [0.717, 1.165) is 21.2 Å². The van der Waals surface area contributed by atoms with Crippen LogP contribution in [-0.2, 0) is 0 Å². The second-order valence-corrected chi connectivity index (χ2v) is 5.91. The Balaban J connectivity index is 2.00. The van der Waals surface area contributed by atoms with Gasteiger partial charge in [-0.3, -0.25) is 0 Å². The minimum Gasteiger partial charge on any atom is -0.454 e. The minimum atomic E-state index is -0.765. The van der Waals surface area contributed by atoms with Crippen LogP contribution in [0.15, 0.2) is 34.8 Å². The quantitative estimate of drug-likeness (QED) is 0.876. The molecular formula is C15H12BrClO3. The van der Waals surface area contributed by atoms with E-state index in [1.54, 1.807) is 12.1 Å². The first-order valence-electron chi connectivity index (χ1n) is 6.09. The van der Waals surface area contributed by atoms with Gasteiger partial charge in [-0.2, -0.15) is 0 Å². The highest BCUT2D eigenvalue weighted by Gasteiger charge is 2.21. The zero-order chi connectivity index (χ0) is 14.3. The molecule has 1 aliphatic heterocycles. The summed E-state index contributed by atoms with van der Waals surface area (Å²) in [4.78, 5) is 0. The highest BCUT2D eigenvalue weighted by atomic mass is 79.9. The third kappa shape index (κ3) is 2.39. The maximum Gasteiger partial charge on any atom is 0.231 e. The van der Waals surface area contributed by atoms with Gasteiger partial charge >= 0.3 is 0 Å². The molecule has 0 bridgehead atoms. The Morgan fingerprint density at radius 3 is 2.75 bits per heavy atom. The minimum absolute atomic E-state index is 0.198. The number of rotatable bonds is 2. The number of fused-ring (bicyclic) bond motifs is 1. The fourth-order valence-electron chi connectivity index (χ4n) is 2.12. The normalized spacial score (nSPS) is 14.4. The van der Waals surface area contributed by atoms with Crippen LogP contribution >= 0.6 is 27.5 Å². The Morgan fingerprint density at radius 2 is 2.00 bits per heavy atom. The number of hydrogen-bond donors (Lipinski definition) is 1. The summed E-state index contributed by atoms with van der Waals surface area (Å²) in [5, 5.41) is 11.1. The van der Waals surface area contributed by atoms with Crippen LogP contribution < -0.4 is 9.47 Å². The van der Waals surface area contributed by atoms with Crippen molar-refractivity contribution in [2.24, 2.45) is 0 Å². The maximum absolute atomic E-state index is 10.5. The molecule has 5 heteroatoms. The van der Waals surface area contributed by atoms with Gasteiger partial charge in [-0.1, -0.05) is 23.7 Å². The van der Waals surface area contributed by atoms with Gasteiger partial charge in [-0.25, -0.2) is 0 Å². The molecule has 104 valence electrons. The van der Waals surface area contributed by atoms with Crippen LogP contribution in [0, 0.1) is 6.92 Å². The lowest BCUT2D eigenvalue weighted by atomic mass is 10.00. The first kappa shape index (κ1) is 13.7. The van der Waals surface area contributed by atoms with Gasteiger partial charge in [0.1, 0.15) is 6.10 Å². The van der Waals surface area contributed by atoms with E-state index in [1.165, 1.54) is 0 Å². The van der Waals surface area contributed by atoms with E-state index >= 15 is 0 Å². The van der Waals surface area contributed by atoms with E-state index in [0.29, 0.717) is 16.5 Å². The zero-order valence-electron chi connectivity index (χ0n) is 10.7. The van der Waals surface area contributed by atoms with E-state index < -0.39 is 6.10 Å². The van der Waals surface area contributed by atoms with Gasteiger partial charge in [0.25, 0.3) is 0 Å². The van der Waals surface area contributed by atoms with Gasteiger partial charge in [0, 0.05) is 5.02 Å². The fraction of sp³-hybridized carbons (Fsp3) is 0.200. The number of aryl methyl sites for hydroxylation is 1. The molecule has 2 aromatic rings. The summed E-state index contributed by atoms with van der Waals surface area (Å²) in [6.45, 7) is 2.12. The van der Waals surface area contributed by atoms with E-state index in [2.05, 4.69) is 15.9 Å². The number of ether oxygens (including phenoxy) is 2. The molecular weight excluding hydrogens is 344 g/mol. The Morgan fingerprint density at radius 1 is 1.20 bits per heavy atom. The number of aliphatic hydroxyl groups is 1. The van der Waals surface area contributed by atoms with Crippen molar-refractivity contribution in [3.63, 3.8) is 0 Å². The van der Waals surface area contributed by atoms with Crippen molar-refractivity contribution in [1.82, 2.24) is 0 Å². The van der Waals surface area contributed by atoms with Gasteiger partial charge in [0.15, 0.2) is 11.5 Å². The fourth-order valence-corrected chi connectivity index (χ4v) is 2.88. The Labute approximate surface area is 130 Å². The van der Waals surface area contributed by atoms with Crippen LogP contribution in [0.3, 0.4) is 0 Å². The third-order valence-electron chi connectivity index (χ3n) is 3.28. The Bertz CT molecular complexity index is 672. The van der Waals surface area contributed by atoms with E-state index in [9.17, 15) is 5.11 Å². The standard InChI is InChI=1S/C15H12BrClO3/c1-8-2-3-9(5-12(8)17)14(18)10-4-11(16)15-13(6-10)19-7-20-15/h2-6,14,18H,7H2,1H3. The average Bonchev–Trinajstić information content (AvgIpc) is 2.90. The molecule has 1 N–H and O–H groups in total. The van der Waals surface area contributed by atoms with Gasteiger partial charge < -0.3 is 14.6 Å². The number of aliphatic hydroxyl groups excluding tert-OH is 1. The molecule has 0 spiro atoms. The van der Waals surface area contributed by atoms with E-state index in [-0.39, 0.29) is 6.79 Å². The Hall–Kier alpha value is -1.23. The first-order chi connectivity index (χ1) is 9.56. The molecule has 20 heavy (non-hydrogen) atoms. The van der Waals surface area contributed by atoms with Gasteiger partial charge in [0.2, 0.25) is 6.79 Å². The molecule has 3 nitrogen and oxygen atoms in total. The maximum atomic E-state index is 10.5. The summed E-state index contributed by atoms with van der Waals surface area (Å²) in [7, 11) is 0. The van der Waals surface area contributed by atoms with Crippen molar-refractivity contribution in [3.8, 4) is 11.5 Å². The molecule has 0 fully saturated rings. The summed E-state index contributed by atoms with van der Waals surface area (Å²) in [5.41, 5.74) is 2.45. The Kier molecular flexibility index (Phi) is 3.63. The SMILES string of the molecule is Cc1ccc(C(O)c2cc(Br)c3c(c2)OCO3)cc1Cl. The number of hydrogen-bond acceptors (Lipinski definition) is 3. The second kappa shape index (κ2) is 5.28. The van der Waals surface area contributed by atoms with Crippen LogP contribution in [0.4, 0.5) is 0 Å². The summed E-state index contributed by atoms with van der Waals surface area (Å²) >= 11 is 9.53. The van der Waals surface area contributed by atoms with E-state index in [4.69, 9.17) is 21.1 Å². The average molecular weight is 356 g/mol. The second-order valence-electron chi connectivity index (χ2n) is 4.65. The lowest BCUT2D eigenvalue weighted by Gasteiger charge is -2.14.